The van der Waals surface area contributed by atoms with Crippen molar-refractivity contribution >= 4 is 11.6 Å². The van der Waals surface area contributed by atoms with Crippen LogP contribution in [-0.4, -0.2) is 20.1 Å². The summed E-state index contributed by atoms with van der Waals surface area (Å²) in [7, 11) is 3.24. The van der Waals surface area contributed by atoms with Crippen LogP contribution in [0.15, 0.2) is 66.2 Å². The molecule has 20 heavy (non-hydrogen) atoms. The highest BCUT2D eigenvalue weighted by atomic mass is 16.5. The van der Waals surface area contributed by atoms with Crippen LogP contribution in [0.5, 0.6) is 5.75 Å². The average molecular weight is 267 g/mol. The Kier molecular flexibility index (Phi) is 4.56. The first-order valence-corrected chi connectivity index (χ1v) is 6.26. The summed E-state index contributed by atoms with van der Waals surface area (Å²) in [6, 6.07) is 17.3. The summed E-state index contributed by atoms with van der Waals surface area (Å²) in [6.07, 6.45) is 0. The second-order valence-electron chi connectivity index (χ2n) is 4.16. The van der Waals surface area contributed by atoms with Crippen LogP contribution in [0, 0.1) is 0 Å². The van der Waals surface area contributed by atoms with Crippen LogP contribution < -0.4 is 4.74 Å². The number of aliphatic imine (C=N–C) groups is 1. The van der Waals surface area contributed by atoms with Crippen LogP contribution >= 0.6 is 0 Å². The smallest absolute Gasteiger partial charge is 0.221 e. The number of benzene rings is 2. The number of ether oxygens (including phenoxy) is 2. The Balaban J connectivity index is 2.26. The molecule has 0 aliphatic carbocycles. The quantitative estimate of drug-likeness (QED) is 0.624. The first-order chi connectivity index (χ1) is 9.74. The summed E-state index contributed by atoms with van der Waals surface area (Å²) in [5.74, 6) is 1.33. The Morgan fingerprint density at radius 2 is 1.55 bits per heavy atom. The van der Waals surface area contributed by atoms with Crippen LogP contribution in [0.3, 0.4) is 0 Å². The summed E-state index contributed by atoms with van der Waals surface area (Å²) >= 11 is 0. The fraction of sp³-hybridized carbons (Fsp3) is 0.118. The van der Waals surface area contributed by atoms with Crippen LogP contribution in [0.25, 0.3) is 5.70 Å². The van der Waals surface area contributed by atoms with E-state index in [2.05, 4.69) is 11.6 Å². The Bertz CT molecular complexity index is 601. The Labute approximate surface area is 119 Å². The van der Waals surface area contributed by atoms with Gasteiger partial charge in [-0.05, 0) is 29.8 Å². The molecule has 0 saturated carbocycles. The van der Waals surface area contributed by atoms with Gasteiger partial charge in [0.05, 0.1) is 19.9 Å². The van der Waals surface area contributed by atoms with Gasteiger partial charge in [-0.1, -0.05) is 36.9 Å². The third-order valence-electron chi connectivity index (χ3n) is 2.87. The van der Waals surface area contributed by atoms with E-state index in [1.807, 2.05) is 54.6 Å². The fourth-order valence-corrected chi connectivity index (χ4v) is 1.78. The van der Waals surface area contributed by atoms with Gasteiger partial charge in [0.15, 0.2) is 0 Å². The molecular weight excluding hydrogens is 250 g/mol. The Morgan fingerprint density at radius 1 is 0.900 bits per heavy atom. The van der Waals surface area contributed by atoms with Gasteiger partial charge < -0.3 is 9.47 Å². The van der Waals surface area contributed by atoms with Crippen molar-refractivity contribution in [3.05, 3.63) is 72.3 Å². The highest BCUT2D eigenvalue weighted by molar-refractivity contribution is 5.97. The van der Waals surface area contributed by atoms with Gasteiger partial charge in [0.2, 0.25) is 5.90 Å². The van der Waals surface area contributed by atoms with Crippen molar-refractivity contribution < 1.29 is 9.47 Å². The third kappa shape index (κ3) is 3.26. The molecule has 0 saturated heterocycles. The Morgan fingerprint density at radius 3 is 2.10 bits per heavy atom. The summed E-state index contributed by atoms with van der Waals surface area (Å²) in [6.45, 7) is 3.98. The predicted octanol–water partition coefficient (Wildman–Crippen LogP) is 3.76. The molecule has 3 heteroatoms. The van der Waals surface area contributed by atoms with Gasteiger partial charge >= 0.3 is 0 Å². The monoisotopic (exact) mass is 267 g/mol. The zero-order valence-corrected chi connectivity index (χ0v) is 11.7. The minimum absolute atomic E-state index is 0.529. The van der Waals surface area contributed by atoms with Gasteiger partial charge in [0.25, 0.3) is 0 Å². The number of rotatable bonds is 4. The number of hydrogen-bond donors (Lipinski definition) is 0. The topological polar surface area (TPSA) is 30.8 Å². The lowest BCUT2D eigenvalue weighted by atomic mass is 10.1. The van der Waals surface area contributed by atoms with Crippen molar-refractivity contribution in [3.8, 4) is 5.75 Å². The molecule has 0 radical (unpaired) electrons. The number of methoxy groups -OCH3 is 2. The van der Waals surface area contributed by atoms with Crippen LogP contribution in [0.1, 0.15) is 11.1 Å². The molecule has 2 rings (SSSR count). The predicted molar refractivity (Wildman–Crippen MR) is 82.0 cm³/mol. The standard InChI is InChI=1S/C17H17NO2/c1-13(14-7-5-4-6-8-14)18-17(20-3)15-9-11-16(19-2)12-10-15/h4-12H,1H2,2-3H3. The lowest BCUT2D eigenvalue weighted by Gasteiger charge is -2.07. The normalized spacial score (nSPS) is 11.0. The van der Waals surface area contributed by atoms with Gasteiger partial charge in [-0.15, -0.1) is 0 Å². The molecule has 3 nitrogen and oxygen atoms in total. The summed E-state index contributed by atoms with van der Waals surface area (Å²) in [5, 5.41) is 0. The molecule has 0 unspecified atom stereocenters. The zero-order chi connectivity index (χ0) is 14.4. The molecule has 102 valence electrons. The van der Waals surface area contributed by atoms with E-state index in [9.17, 15) is 0 Å². The summed E-state index contributed by atoms with van der Waals surface area (Å²) < 4.78 is 10.5. The first kappa shape index (κ1) is 13.9. The molecule has 0 bridgehead atoms. The van der Waals surface area contributed by atoms with Crippen LogP contribution in [-0.2, 0) is 4.74 Å². The van der Waals surface area contributed by atoms with Gasteiger partial charge in [-0.2, -0.15) is 0 Å². The highest BCUT2D eigenvalue weighted by Crippen LogP contribution is 2.17. The van der Waals surface area contributed by atoms with E-state index in [0.717, 1.165) is 16.9 Å². The molecule has 2 aromatic carbocycles. The maximum Gasteiger partial charge on any atom is 0.221 e. The molecule has 0 fully saturated rings. The largest absolute Gasteiger partial charge is 0.497 e. The molecule has 0 spiro atoms. The summed E-state index contributed by atoms with van der Waals surface area (Å²) in [4.78, 5) is 4.45. The van der Waals surface area contributed by atoms with Crippen LogP contribution in [0.2, 0.25) is 0 Å². The lowest BCUT2D eigenvalue weighted by molar-refractivity contribution is 0.404. The van der Waals surface area contributed by atoms with Crippen molar-refractivity contribution in [2.24, 2.45) is 4.99 Å². The minimum Gasteiger partial charge on any atom is -0.497 e. The third-order valence-corrected chi connectivity index (χ3v) is 2.87. The fourth-order valence-electron chi connectivity index (χ4n) is 1.78. The molecule has 0 aliphatic rings. The molecule has 0 aromatic heterocycles. The SMILES string of the molecule is C=C(N=C(OC)c1ccc(OC)cc1)c1ccccc1. The minimum atomic E-state index is 0.529. The molecule has 0 amide bonds. The Hall–Kier alpha value is -2.55. The van der Waals surface area contributed by atoms with Gasteiger partial charge in [0, 0.05) is 5.56 Å². The summed E-state index contributed by atoms with van der Waals surface area (Å²) in [5.41, 5.74) is 2.51. The molecule has 0 aliphatic heterocycles. The van der Waals surface area contributed by atoms with Crippen molar-refractivity contribution in [1.29, 1.82) is 0 Å². The van der Waals surface area contributed by atoms with E-state index in [0.29, 0.717) is 11.6 Å². The van der Waals surface area contributed by atoms with E-state index in [-0.39, 0.29) is 0 Å². The second kappa shape index (κ2) is 6.57. The molecule has 0 heterocycles. The van der Waals surface area contributed by atoms with Crippen molar-refractivity contribution in [2.75, 3.05) is 14.2 Å². The molecular formula is C17H17NO2. The average Bonchev–Trinajstić information content (AvgIpc) is 2.53. The van der Waals surface area contributed by atoms with E-state index >= 15 is 0 Å². The van der Waals surface area contributed by atoms with Gasteiger partial charge in [0.1, 0.15) is 5.75 Å². The zero-order valence-electron chi connectivity index (χ0n) is 11.7. The first-order valence-electron chi connectivity index (χ1n) is 6.26. The molecule has 2 aromatic rings. The maximum absolute atomic E-state index is 5.35. The molecule has 0 atom stereocenters. The second-order valence-corrected chi connectivity index (χ2v) is 4.16. The maximum atomic E-state index is 5.35. The van der Waals surface area contributed by atoms with E-state index in [1.54, 1.807) is 14.2 Å². The number of hydrogen-bond acceptors (Lipinski definition) is 3. The van der Waals surface area contributed by atoms with Crippen molar-refractivity contribution in [1.82, 2.24) is 0 Å². The van der Waals surface area contributed by atoms with Crippen molar-refractivity contribution in [3.63, 3.8) is 0 Å². The van der Waals surface area contributed by atoms with Crippen LogP contribution in [0.4, 0.5) is 0 Å². The number of nitrogens with zero attached hydrogens (tertiary/aromatic N) is 1. The van der Waals surface area contributed by atoms with E-state index < -0.39 is 0 Å². The van der Waals surface area contributed by atoms with Gasteiger partial charge in [-0.25, -0.2) is 4.99 Å². The molecule has 0 N–H and O–H groups in total. The van der Waals surface area contributed by atoms with Gasteiger partial charge in [-0.3, -0.25) is 0 Å². The van der Waals surface area contributed by atoms with E-state index in [4.69, 9.17) is 9.47 Å². The highest BCUT2D eigenvalue weighted by Gasteiger charge is 2.05. The van der Waals surface area contributed by atoms with Crippen molar-refractivity contribution in [2.45, 2.75) is 0 Å². The van der Waals surface area contributed by atoms with E-state index in [1.165, 1.54) is 0 Å². The lowest BCUT2D eigenvalue weighted by Crippen LogP contribution is -2.03.